The molecule has 24 heavy (non-hydrogen) atoms. The van der Waals surface area contributed by atoms with Gasteiger partial charge in [-0.2, -0.15) is 5.10 Å². The van der Waals surface area contributed by atoms with Gasteiger partial charge in [0.15, 0.2) is 0 Å². The molecule has 2 atom stereocenters. The number of nitrogens with zero attached hydrogens (tertiary/aromatic N) is 2. The zero-order valence-corrected chi connectivity index (χ0v) is 14.6. The highest BCUT2D eigenvalue weighted by molar-refractivity contribution is 5.95. The van der Waals surface area contributed by atoms with E-state index in [2.05, 4.69) is 22.7 Å². The van der Waals surface area contributed by atoms with Crippen LogP contribution in [-0.4, -0.2) is 34.3 Å². The number of nitrogens with one attached hydrogen (secondary N) is 2. The Balaban J connectivity index is 0.00000208. The maximum Gasteiger partial charge on any atom is 0.255 e. The van der Waals surface area contributed by atoms with Crippen molar-refractivity contribution in [2.24, 2.45) is 0 Å². The lowest BCUT2D eigenvalue weighted by Gasteiger charge is -2.30. The summed E-state index contributed by atoms with van der Waals surface area (Å²) in [6.07, 6.45) is 3.60. The van der Waals surface area contributed by atoms with Crippen molar-refractivity contribution in [1.29, 1.82) is 0 Å². The van der Waals surface area contributed by atoms with E-state index >= 15 is 0 Å². The maximum absolute atomic E-state index is 13.0. The minimum absolute atomic E-state index is 0. The monoisotopic (exact) mass is 352 g/mol. The van der Waals surface area contributed by atoms with Crippen molar-refractivity contribution >= 4 is 18.3 Å². The Morgan fingerprint density at radius 2 is 2.08 bits per heavy atom. The summed E-state index contributed by atoms with van der Waals surface area (Å²) in [7, 11) is 0. The Morgan fingerprint density at radius 3 is 2.75 bits per heavy atom. The van der Waals surface area contributed by atoms with Crippen LogP contribution in [0, 0.1) is 12.7 Å². The summed E-state index contributed by atoms with van der Waals surface area (Å²) in [4.78, 5) is 12.5. The molecule has 1 saturated heterocycles. The molecule has 1 aliphatic heterocycles. The molecule has 1 amide bonds. The summed E-state index contributed by atoms with van der Waals surface area (Å²) in [5, 5.41) is 10.7. The highest BCUT2D eigenvalue weighted by atomic mass is 35.5. The van der Waals surface area contributed by atoms with E-state index < -0.39 is 0 Å². The van der Waals surface area contributed by atoms with Crippen LogP contribution in [0.2, 0.25) is 0 Å². The summed E-state index contributed by atoms with van der Waals surface area (Å²) >= 11 is 0. The first-order valence-electron chi connectivity index (χ1n) is 7.91. The van der Waals surface area contributed by atoms with Gasteiger partial charge < -0.3 is 10.6 Å². The van der Waals surface area contributed by atoms with Crippen LogP contribution in [0.3, 0.4) is 0 Å². The van der Waals surface area contributed by atoms with Crippen molar-refractivity contribution in [2.45, 2.75) is 38.8 Å². The number of aromatic nitrogens is 2. The number of hydrogen-bond acceptors (Lipinski definition) is 3. The second kappa shape index (κ2) is 7.77. The molecule has 1 fully saturated rings. The minimum Gasteiger partial charge on any atom is -0.348 e. The van der Waals surface area contributed by atoms with Crippen molar-refractivity contribution in [3.8, 4) is 5.69 Å². The first-order valence-corrected chi connectivity index (χ1v) is 7.91. The van der Waals surface area contributed by atoms with E-state index in [4.69, 9.17) is 0 Å². The van der Waals surface area contributed by atoms with Crippen LogP contribution in [0.5, 0.6) is 0 Å². The topological polar surface area (TPSA) is 59.0 Å². The average molecular weight is 353 g/mol. The van der Waals surface area contributed by atoms with Gasteiger partial charge in [-0.3, -0.25) is 4.79 Å². The van der Waals surface area contributed by atoms with Crippen molar-refractivity contribution in [1.82, 2.24) is 20.4 Å². The quantitative estimate of drug-likeness (QED) is 0.892. The highest BCUT2D eigenvalue weighted by Gasteiger charge is 2.24. The minimum atomic E-state index is -0.296. The van der Waals surface area contributed by atoms with Gasteiger partial charge in [0.1, 0.15) is 5.82 Å². The average Bonchev–Trinajstić information content (AvgIpc) is 2.92. The maximum atomic E-state index is 13.0. The lowest BCUT2D eigenvalue weighted by atomic mass is 9.99. The Bertz CT molecular complexity index is 701. The smallest absolute Gasteiger partial charge is 0.255 e. The fraction of sp³-hybridized carbons (Fsp3) is 0.412. The first kappa shape index (κ1) is 18.4. The second-order valence-corrected chi connectivity index (χ2v) is 6.00. The summed E-state index contributed by atoms with van der Waals surface area (Å²) in [6, 6.07) is 6.44. The molecule has 0 bridgehead atoms. The SMILES string of the molecule is Cc1c(C(=O)NC2CCCNC2C)cnn1-c1ccc(F)cc1.Cl. The van der Waals surface area contributed by atoms with Gasteiger partial charge in [0.25, 0.3) is 5.91 Å². The number of rotatable bonds is 3. The van der Waals surface area contributed by atoms with Gasteiger partial charge in [-0.05, 0) is 57.5 Å². The number of carbonyl (C=O) groups is 1. The van der Waals surface area contributed by atoms with Gasteiger partial charge in [-0.15, -0.1) is 12.4 Å². The molecule has 1 aromatic carbocycles. The normalized spacial score (nSPS) is 20.3. The van der Waals surface area contributed by atoms with Crippen LogP contribution >= 0.6 is 12.4 Å². The number of benzene rings is 1. The molecule has 1 aromatic heterocycles. The summed E-state index contributed by atoms with van der Waals surface area (Å²) in [6.45, 7) is 4.92. The fourth-order valence-corrected chi connectivity index (χ4v) is 2.96. The highest BCUT2D eigenvalue weighted by Crippen LogP contribution is 2.16. The van der Waals surface area contributed by atoms with E-state index in [0.29, 0.717) is 5.56 Å². The number of carbonyl (C=O) groups excluding carboxylic acids is 1. The molecule has 0 radical (unpaired) electrons. The molecule has 3 rings (SSSR count). The third-order valence-corrected chi connectivity index (χ3v) is 4.40. The molecule has 0 saturated carbocycles. The fourth-order valence-electron chi connectivity index (χ4n) is 2.96. The zero-order valence-electron chi connectivity index (χ0n) is 13.8. The zero-order chi connectivity index (χ0) is 16.4. The van der Waals surface area contributed by atoms with Crippen molar-refractivity contribution in [3.63, 3.8) is 0 Å². The molecule has 7 heteroatoms. The molecule has 5 nitrogen and oxygen atoms in total. The van der Waals surface area contributed by atoms with Gasteiger partial charge in [-0.1, -0.05) is 0 Å². The summed E-state index contributed by atoms with van der Waals surface area (Å²) in [5.41, 5.74) is 2.02. The molecular weight excluding hydrogens is 331 g/mol. The van der Waals surface area contributed by atoms with E-state index in [1.165, 1.54) is 12.1 Å². The molecule has 2 aromatic rings. The molecule has 130 valence electrons. The van der Waals surface area contributed by atoms with Gasteiger partial charge in [0.05, 0.1) is 23.1 Å². The van der Waals surface area contributed by atoms with Gasteiger partial charge >= 0.3 is 0 Å². The van der Waals surface area contributed by atoms with Crippen LogP contribution in [0.15, 0.2) is 30.5 Å². The van der Waals surface area contributed by atoms with Gasteiger partial charge in [-0.25, -0.2) is 9.07 Å². The summed E-state index contributed by atoms with van der Waals surface area (Å²) < 4.78 is 14.7. The second-order valence-electron chi connectivity index (χ2n) is 6.00. The molecular formula is C17H22ClFN4O. The Morgan fingerprint density at radius 1 is 1.38 bits per heavy atom. The van der Waals surface area contributed by atoms with Crippen LogP contribution < -0.4 is 10.6 Å². The lowest BCUT2D eigenvalue weighted by Crippen LogP contribution is -2.51. The summed E-state index contributed by atoms with van der Waals surface area (Å²) in [5.74, 6) is -0.410. The van der Waals surface area contributed by atoms with Crippen LogP contribution in [0.4, 0.5) is 4.39 Å². The van der Waals surface area contributed by atoms with E-state index in [1.54, 1.807) is 23.0 Å². The number of halogens is 2. The molecule has 1 aliphatic rings. The molecule has 2 unspecified atom stereocenters. The molecule has 2 heterocycles. The molecule has 0 spiro atoms. The third kappa shape index (κ3) is 3.76. The largest absolute Gasteiger partial charge is 0.348 e. The van der Waals surface area contributed by atoms with Crippen LogP contribution in [-0.2, 0) is 0 Å². The van der Waals surface area contributed by atoms with Crippen molar-refractivity contribution in [3.05, 3.63) is 47.5 Å². The standard InChI is InChI=1S/C17H21FN4O.ClH/c1-11-16(4-3-9-19-11)21-17(23)15-10-20-22(12(15)2)14-7-5-13(18)6-8-14;/h5-8,10-11,16,19H,3-4,9H2,1-2H3,(H,21,23);1H. The van der Waals surface area contributed by atoms with E-state index in [9.17, 15) is 9.18 Å². The predicted octanol–water partition coefficient (Wildman–Crippen LogP) is 2.61. The van der Waals surface area contributed by atoms with Crippen molar-refractivity contribution in [2.75, 3.05) is 6.54 Å². The van der Waals surface area contributed by atoms with Crippen LogP contribution in [0.25, 0.3) is 5.69 Å². The molecule has 0 aliphatic carbocycles. The van der Waals surface area contributed by atoms with Gasteiger partial charge in [0.2, 0.25) is 0 Å². The third-order valence-electron chi connectivity index (χ3n) is 4.40. The Labute approximate surface area is 147 Å². The molecule has 2 N–H and O–H groups in total. The van der Waals surface area contributed by atoms with E-state index in [0.717, 1.165) is 30.8 Å². The van der Waals surface area contributed by atoms with E-state index in [-0.39, 0.29) is 36.2 Å². The Hall–Kier alpha value is -1.92. The Kier molecular flexibility index (Phi) is 5.96. The number of piperidine rings is 1. The van der Waals surface area contributed by atoms with E-state index in [1.807, 2.05) is 6.92 Å². The predicted molar refractivity (Wildman–Crippen MR) is 93.5 cm³/mol. The lowest BCUT2D eigenvalue weighted by molar-refractivity contribution is 0.0919. The first-order chi connectivity index (χ1) is 11.1. The van der Waals surface area contributed by atoms with Crippen LogP contribution in [0.1, 0.15) is 35.8 Å². The number of amides is 1. The number of hydrogen-bond donors (Lipinski definition) is 2. The van der Waals surface area contributed by atoms with Crippen molar-refractivity contribution < 1.29 is 9.18 Å². The van der Waals surface area contributed by atoms with Gasteiger partial charge in [0, 0.05) is 12.1 Å².